The van der Waals surface area contributed by atoms with Crippen LogP contribution in [0.2, 0.25) is 5.02 Å². The summed E-state index contributed by atoms with van der Waals surface area (Å²) in [5.74, 6) is 0.0477. The second kappa shape index (κ2) is 10.1. The molecule has 2 N–H and O–H groups in total. The number of nitrogens with one attached hydrogen (secondary N) is 2. The van der Waals surface area contributed by atoms with Crippen LogP contribution in [0.4, 0.5) is 5.69 Å². The van der Waals surface area contributed by atoms with Gasteiger partial charge >= 0.3 is 5.97 Å². The predicted octanol–water partition coefficient (Wildman–Crippen LogP) is 4.68. The minimum absolute atomic E-state index is 0.415. The maximum absolute atomic E-state index is 11.6. The number of hydrogen-bond donors (Lipinski definition) is 2. The van der Waals surface area contributed by atoms with Gasteiger partial charge in [0.1, 0.15) is 0 Å². The normalized spacial score (nSPS) is 11.5. The number of carbonyl (C=O) groups excluding carboxylic acids is 1. The van der Waals surface area contributed by atoms with Crippen molar-refractivity contribution in [2.45, 2.75) is 19.8 Å². The van der Waals surface area contributed by atoms with Crippen molar-refractivity contribution >= 4 is 40.6 Å². The van der Waals surface area contributed by atoms with Crippen molar-refractivity contribution in [2.24, 2.45) is 5.92 Å². The van der Waals surface area contributed by atoms with Gasteiger partial charge in [-0.3, -0.25) is 0 Å². The van der Waals surface area contributed by atoms with Gasteiger partial charge in [-0.05, 0) is 48.3 Å². The van der Waals surface area contributed by atoms with Crippen LogP contribution in [-0.4, -0.2) is 24.7 Å². The minimum atomic E-state index is -0.419. The van der Waals surface area contributed by atoms with E-state index in [-0.39, 0.29) is 0 Å². The number of halogens is 1. The van der Waals surface area contributed by atoms with E-state index in [0.29, 0.717) is 27.3 Å². The molecular weight excluding hydrogens is 368 g/mol. The average molecular weight is 391 g/mol. The third-order valence-electron chi connectivity index (χ3n) is 4.13. The molecule has 0 spiro atoms. The van der Waals surface area contributed by atoms with E-state index in [9.17, 15) is 4.79 Å². The Bertz CT molecular complexity index is 753. The smallest absolute Gasteiger partial charge is 0.337 e. The summed E-state index contributed by atoms with van der Waals surface area (Å²) in [7, 11) is 1.34. The van der Waals surface area contributed by atoms with E-state index < -0.39 is 5.97 Å². The number of anilines is 1. The molecule has 0 saturated carbocycles. The molecule has 0 bridgehead atoms. The van der Waals surface area contributed by atoms with Gasteiger partial charge in [-0.1, -0.05) is 55.3 Å². The highest BCUT2D eigenvalue weighted by atomic mass is 35.5. The lowest BCUT2D eigenvalue weighted by molar-refractivity contribution is 0.0601. The maximum Gasteiger partial charge on any atom is 0.337 e. The van der Waals surface area contributed by atoms with E-state index >= 15 is 0 Å². The Labute approximate surface area is 164 Å². The summed E-state index contributed by atoms with van der Waals surface area (Å²) in [6.07, 6.45) is 2.04. The van der Waals surface area contributed by atoms with Gasteiger partial charge in [0.15, 0.2) is 5.11 Å². The summed E-state index contributed by atoms with van der Waals surface area (Å²) in [6, 6.07) is 15.3. The molecule has 138 valence electrons. The lowest BCUT2D eigenvalue weighted by Crippen LogP contribution is -2.33. The summed E-state index contributed by atoms with van der Waals surface area (Å²) in [5, 5.41) is 7.25. The van der Waals surface area contributed by atoms with Crippen LogP contribution >= 0.6 is 23.8 Å². The van der Waals surface area contributed by atoms with Crippen molar-refractivity contribution in [3.05, 3.63) is 64.7 Å². The fraction of sp³-hybridized carbons (Fsp3) is 0.300. The van der Waals surface area contributed by atoms with Gasteiger partial charge in [0.25, 0.3) is 0 Å². The first kappa shape index (κ1) is 20.2. The molecule has 0 heterocycles. The average Bonchev–Trinajstić information content (AvgIpc) is 2.67. The lowest BCUT2D eigenvalue weighted by atomic mass is 9.97. The molecule has 0 aliphatic carbocycles. The molecule has 1 atom stereocenters. The number of thiocarbonyl (C=S) groups is 1. The molecule has 0 aliphatic rings. The first-order chi connectivity index (χ1) is 12.5. The molecule has 4 nitrogen and oxygen atoms in total. The Morgan fingerprint density at radius 3 is 2.62 bits per heavy atom. The number of benzene rings is 2. The lowest BCUT2D eigenvalue weighted by Gasteiger charge is -2.18. The predicted molar refractivity (Wildman–Crippen MR) is 111 cm³/mol. The zero-order chi connectivity index (χ0) is 18.9. The number of ether oxygens (including phenoxy) is 1. The summed E-state index contributed by atoms with van der Waals surface area (Å²) < 4.78 is 4.73. The van der Waals surface area contributed by atoms with Crippen molar-refractivity contribution < 1.29 is 9.53 Å². The van der Waals surface area contributed by atoms with Crippen LogP contribution in [0, 0.1) is 5.92 Å². The number of hydrogen-bond acceptors (Lipinski definition) is 3. The first-order valence-corrected chi connectivity index (χ1v) is 9.28. The molecule has 0 radical (unpaired) electrons. The van der Waals surface area contributed by atoms with E-state index in [1.54, 1.807) is 18.2 Å². The zero-order valence-corrected chi connectivity index (χ0v) is 16.5. The summed E-state index contributed by atoms with van der Waals surface area (Å²) in [4.78, 5) is 11.6. The zero-order valence-electron chi connectivity index (χ0n) is 14.9. The molecule has 26 heavy (non-hydrogen) atoms. The molecule has 0 aliphatic heterocycles. The van der Waals surface area contributed by atoms with Crippen molar-refractivity contribution in [3.8, 4) is 0 Å². The van der Waals surface area contributed by atoms with Crippen LogP contribution in [0.25, 0.3) is 0 Å². The highest BCUT2D eigenvalue weighted by Crippen LogP contribution is 2.23. The van der Waals surface area contributed by atoms with E-state index in [2.05, 4.69) is 41.8 Å². The van der Waals surface area contributed by atoms with Gasteiger partial charge in [-0.2, -0.15) is 0 Å². The van der Waals surface area contributed by atoms with Crippen molar-refractivity contribution in [3.63, 3.8) is 0 Å². The van der Waals surface area contributed by atoms with E-state index in [4.69, 9.17) is 28.6 Å². The van der Waals surface area contributed by atoms with E-state index in [1.807, 2.05) is 6.07 Å². The minimum Gasteiger partial charge on any atom is -0.465 e. The van der Waals surface area contributed by atoms with Crippen LogP contribution in [0.15, 0.2) is 48.5 Å². The van der Waals surface area contributed by atoms with Crippen LogP contribution in [-0.2, 0) is 11.2 Å². The summed E-state index contributed by atoms with van der Waals surface area (Å²) >= 11 is 11.6. The quantitative estimate of drug-likeness (QED) is 0.531. The van der Waals surface area contributed by atoms with Crippen LogP contribution in [0.3, 0.4) is 0 Å². The Hall–Kier alpha value is -2.11. The number of esters is 1. The molecule has 2 aromatic rings. The van der Waals surface area contributed by atoms with E-state index in [1.165, 1.54) is 12.7 Å². The molecule has 6 heteroatoms. The van der Waals surface area contributed by atoms with Crippen molar-refractivity contribution in [2.75, 3.05) is 19.0 Å². The van der Waals surface area contributed by atoms with Gasteiger partial charge in [0.05, 0.1) is 23.4 Å². The van der Waals surface area contributed by atoms with E-state index in [0.717, 1.165) is 19.4 Å². The molecule has 0 fully saturated rings. The first-order valence-electron chi connectivity index (χ1n) is 8.50. The molecule has 0 amide bonds. The maximum atomic E-state index is 11.6. The monoisotopic (exact) mass is 390 g/mol. The number of carbonyl (C=O) groups is 1. The Balaban J connectivity index is 1.92. The Morgan fingerprint density at radius 2 is 1.96 bits per heavy atom. The second-order valence-electron chi connectivity index (χ2n) is 5.99. The highest BCUT2D eigenvalue weighted by molar-refractivity contribution is 7.80. The topological polar surface area (TPSA) is 50.4 Å². The van der Waals surface area contributed by atoms with Crippen molar-refractivity contribution in [1.82, 2.24) is 5.32 Å². The molecule has 2 aromatic carbocycles. The molecule has 0 aromatic heterocycles. The fourth-order valence-electron chi connectivity index (χ4n) is 2.58. The van der Waals surface area contributed by atoms with Gasteiger partial charge < -0.3 is 15.4 Å². The summed E-state index contributed by atoms with van der Waals surface area (Å²) in [5.41, 5.74) is 2.30. The van der Waals surface area contributed by atoms with Gasteiger partial charge in [0.2, 0.25) is 0 Å². The van der Waals surface area contributed by atoms with Crippen molar-refractivity contribution in [1.29, 1.82) is 0 Å². The van der Waals surface area contributed by atoms with Crippen LogP contribution in [0.1, 0.15) is 29.3 Å². The Morgan fingerprint density at radius 1 is 1.23 bits per heavy atom. The molecule has 2 rings (SSSR count). The second-order valence-corrected chi connectivity index (χ2v) is 6.80. The van der Waals surface area contributed by atoms with Gasteiger partial charge in [0, 0.05) is 6.54 Å². The third kappa shape index (κ3) is 6.00. The fourth-order valence-corrected chi connectivity index (χ4v) is 2.94. The molecular formula is C20H23ClN2O2S. The molecule has 1 unspecified atom stereocenters. The van der Waals surface area contributed by atoms with Crippen LogP contribution < -0.4 is 10.6 Å². The standard InChI is InChI=1S/C20H23ClN2O2S/c1-3-14(11-15-7-5-4-6-8-15)13-22-20(26)23-18-12-16(19(24)25-2)9-10-17(18)21/h4-10,12,14H,3,11,13H2,1-2H3,(H2,22,23,26). The largest absolute Gasteiger partial charge is 0.465 e. The SMILES string of the molecule is CCC(CNC(=S)Nc1cc(C(=O)OC)ccc1Cl)Cc1ccccc1. The Kier molecular flexibility index (Phi) is 7.88. The number of rotatable bonds is 7. The van der Waals surface area contributed by atoms with Crippen LogP contribution in [0.5, 0.6) is 0 Å². The van der Waals surface area contributed by atoms with Gasteiger partial charge in [-0.25, -0.2) is 4.79 Å². The molecule has 0 saturated heterocycles. The van der Waals surface area contributed by atoms with Gasteiger partial charge in [-0.15, -0.1) is 0 Å². The number of methoxy groups -OCH3 is 1. The highest BCUT2D eigenvalue weighted by Gasteiger charge is 2.11. The third-order valence-corrected chi connectivity index (χ3v) is 4.71. The summed E-state index contributed by atoms with van der Waals surface area (Å²) in [6.45, 7) is 2.92.